The molecule has 0 radical (unpaired) electrons. The van der Waals surface area contributed by atoms with E-state index in [4.69, 9.17) is 29.3 Å². The predicted octanol–water partition coefficient (Wildman–Crippen LogP) is 11.1. The van der Waals surface area contributed by atoms with Crippen LogP contribution in [0.2, 0.25) is 0 Å². The van der Waals surface area contributed by atoms with Crippen molar-refractivity contribution in [3.8, 4) is 67.8 Å². The lowest BCUT2D eigenvalue weighted by Crippen LogP contribution is -2.00. The summed E-state index contributed by atoms with van der Waals surface area (Å²) in [7, 11) is 0. The van der Waals surface area contributed by atoms with Gasteiger partial charge >= 0.3 is 0 Å². The molecule has 6 aromatic carbocycles. The van der Waals surface area contributed by atoms with E-state index in [1.54, 1.807) is 12.4 Å². The first-order valence-corrected chi connectivity index (χ1v) is 17.4. The average molecular weight is 681 g/mol. The molecule has 0 aliphatic heterocycles. The largest absolute Gasteiger partial charge is 0.455 e. The zero-order valence-corrected chi connectivity index (χ0v) is 28.3. The molecule has 4 heterocycles. The monoisotopic (exact) mass is 680 g/mol. The molecular weight excluding hydrogens is 653 g/mol. The molecule has 4 aromatic heterocycles. The van der Waals surface area contributed by atoms with E-state index in [0.29, 0.717) is 17.5 Å². The van der Waals surface area contributed by atoms with Crippen molar-refractivity contribution >= 4 is 33.0 Å². The van der Waals surface area contributed by atoms with Gasteiger partial charge in [0, 0.05) is 45.4 Å². The fraction of sp³-hybridized carbons (Fsp3) is 0. The summed E-state index contributed by atoms with van der Waals surface area (Å²) in [6.45, 7) is 0. The van der Waals surface area contributed by atoms with Gasteiger partial charge in [0.25, 0.3) is 0 Å². The van der Waals surface area contributed by atoms with Gasteiger partial charge in [0.2, 0.25) is 0 Å². The van der Waals surface area contributed by atoms with Gasteiger partial charge in [0.1, 0.15) is 11.2 Å². The summed E-state index contributed by atoms with van der Waals surface area (Å²) in [4.78, 5) is 29.4. The normalized spacial score (nSPS) is 11.4. The topological polar surface area (TPSA) is 90.5 Å². The Morgan fingerprint density at radius 2 is 0.925 bits per heavy atom. The highest BCUT2D eigenvalue weighted by atomic mass is 16.3. The number of para-hydroxylation sites is 2. The average Bonchev–Trinajstić information content (AvgIpc) is 3.63. The van der Waals surface area contributed by atoms with E-state index in [-0.39, 0.29) is 0 Å². The second-order valence-electron chi connectivity index (χ2n) is 12.8. The van der Waals surface area contributed by atoms with Crippen LogP contribution in [-0.4, -0.2) is 29.9 Å². The quantitative estimate of drug-likeness (QED) is 0.173. The van der Waals surface area contributed by atoms with Crippen LogP contribution in [0, 0.1) is 0 Å². The molecule has 10 aromatic rings. The van der Waals surface area contributed by atoms with Crippen molar-refractivity contribution in [3.63, 3.8) is 0 Å². The first-order valence-electron chi connectivity index (χ1n) is 17.4. The van der Waals surface area contributed by atoms with Crippen molar-refractivity contribution in [1.82, 2.24) is 29.9 Å². The van der Waals surface area contributed by atoms with Crippen molar-refractivity contribution in [3.05, 3.63) is 170 Å². The van der Waals surface area contributed by atoms with Gasteiger partial charge in [-0.2, -0.15) is 0 Å². The maximum atomic E-state index is 6.37. The zero-order valence-electron chi connectivity index (χ0n) is 28.3. The molecular formula is C46H28N6O. The molecule has 0 fully saturated rings. The maximum absolute atomic E-state index is 6.37. The third kappa shape index (κ3) is 5.57. The number of fused-ring (bicyclic) bond motifs is 4. The zero-order chi connectivity index (χ0) is 35.1. The summed E-state index contributed by atoms with van der Waals surface area (Å²) in [6, 6.07) is 52.8. The van der Waals surface area contributed by atoms with E-state index in [2.05, 4.69) is 65.6 Å². The number of aromatic nitrogens is 6. The highest BCUT2D eigenvalue weighted by Crippen LogP contribution is 2.36. The van der Waals surface area contributed by atoms with E-state index < -0.39 is 0 Å². The van der Waals surface area contributed by atoms with Gasteiger partial charge in [-0.1, -0.05) is 121 Å². The molecule has 0 atom stereocenters. The predicted molar refractivity (Wildman–Crippen MR) is 211 cm³/mol. The minimum Gasteiger partial charge on any atom is -0.455 e. The number of hydrogen-bond donors (Lipinski definition) is 0. The molecule has 0 aliphatic carbocycles. The third-order valence-electron chi connectivity index (χ3n) is 9.45. The first-order chi connectivity index (χ1) is 26.2. The second-order valence-corrected chi connectivity index (χ2v) is 12.8. The van der Waals surface area contributed by atoms with Crippen LogP contribution in [0.5, 0.6) is 0 Å². The van der Waals surface area contributed by atoms with Gasteiger partial charge in [-0.3, -0.25) is 4.98 Å². The lowest BCUT2D eigenvalue weighted by molar-refractivity contribution is 0.669. The van der Waals surface area contributed by atoms with Crippen LogP contribution in [0.4, 0.5) is 0 Å². The summed E-state index contributed by atoms with van der Waals surface area (Å²) in [5, 5.41) is 2.08. The van der Waals surface area contributed by atoms with Gasteiger partial charge in [-0.25, -0.2) is 24.9 Å². The summed E-state index contributed by atoms with van der Waals surface area (Å²) in [6.07, 6.45) is 3.57. The molecule has 0 unspecified atom stereocenters. The summed E-state index contributed by atoms with van der Waals surface area (Å²) < 4.78 is 6.37. The Morgan fingerprint density at radius 1 is 0.358 bits per heavy atom. The molecule has 53 heavy (non-hydrogen) atoms. The van der Waals surface area contributed by atoms with Gasteiger partial charge in [-0.05, 0) is 47.5 Å². The summed E-state index contributed by atoms with van der Waals surface area (Å²) in [5.74, 6) is 1.72. The Hall–Kier alpha value is -7.38. The molecule has 0 spiro atoms. The molecule has 7 nitrogen and oxygen atoms in total. The van der Waals surface area contributed by atoms with E-state index in [1.807, 2.05) is 97.1 Å². The fourth-order valence-electron chi connectivity index (χ4n) is 6.82. The van der Waals surface area contributed by atoms with Crippen molar-refractivity contribution < 1.29 is 4.42 Å². The highest BCUT2D eigenvalue weighted by Gasteiger charge is 2.18. The number of furan rings is 1. The standard InChI is InChI=1S/C46H28N6O/c1-3-10-30(11-4-1)41-42(31-24-26-47-27-25-31)49-39-28-34(22-23-38(39)48-41)29-18-20-33(21-19-29)45-50-44(32-12-5-2-6-13-32)51-46(52-45)37-16-9-15-36-35-14-7-8-17-40(35)53-43(36)37/h1-28H. The smallest absolute Gasteiger partial charge is 0.167 e. The van der Waals surface area contributed by atoms with Crippen LogP contribution in [0.15, 0.2) is 175 Å². The molecule has 0 N–H and O–H groups in total. The molecule has 0 bridgehead atoms. The van der Waals surface area contributed by atoms with E-state index >= 15 is 0 Å². The minimum absolute atomic E-state index is 0.551. The van der Waals surface area contributed by atoms with E-state index in [1.165, 1.54) is 0 Å². The van der Waals surface area contributed by atoms with Crippen molar-refractivity contribution in [2.45, 2.75) is 0 Å². The molecule has 0 saturated heterocycles. The van der Waals surface area contributed by atoms with Crippen LogP contribution in [-0.2, 0) is 0 Å². The second kappa shape index (κ2) is 12.7. The molecule has 7 heteroatoms. The Balaban J connectivity index is 1.06. The van der Waals surface area contributed by atoms with Crippen molar-refractivity contribution in [1.29, 1.82) is 0 Å². The molecule has 0 aliphatic rings. The number of hydrogen-bond acceptors (Lipinski definition) is 7. The lowest BCUT2D eigenvalue weighted by Gasteiger charge is -2.12. The van der Waals surface area contributed by atoms with E-state index in [0.717, 1.165) is 83.3 Å². The number of benzene rings is 6. The molecule has 0 amide bonds. The van der Waals surface area contributed by atoms with Gasteiger partial charge in [0.15, 0.2) is 17.5 Å². The van der Waals surface area contributed by atoms with Crippen molar-refractivity contribution in [2.75, 3.05) is 0 Å². The van der Waals surface area contributed by atoms with Gasteiger partial charge in [0.05, 0.1) is 28.0 Å². The van der Waals surface area contributed by atoms with Crippen LogP contribution < -0.4 is 0 Å². The van der Waals surface area contributed by atoms with Crippen molar-refractivity contribution in [2.24, 2.45) is 0 Å². The fourth-order valence-corrected chi connectivity index (χ4v) is 6.82. The highest BCUT2D eigenvalue weighted by molar-refractivity contribution is 6.09. The Kier molecular flexibility index (Phi) is 7.32. The molecule has 248 valence electrons. The van der Waals surface area contributed by atoms with Crippen LogP contribution in [0.3, 0.4) is 0 Å². The Bertz CT molecular complexity index is 2930. The number of nitrogens with zero attached hydrogens (tertiary/aromatic N) is 6. The third-order valence-corrected chi connectivity index (χ3v) is 9.45. The molecule has 0 saturated carbocycles. The SMILES string of the molecule is c1ccc(-c2nc(-c3ccc(-c4ccc5nc(-c6ccccc6)c(-c6ccncc6)nc5c4)cc3)nc(-c3cccc4c3oc3ccccc34)n2)cc1. The lowest BCUT2D eigenvalue weighted by atomic mass is 10.0. The number of pyridine rings is 1. The van der Waals surface area contributed by atoms with E-state index in [9.17, 15) is 0 Å². The number of rotatable bonds is 6. The molecule has 10 rings (SSSR count). The summed E-state index contributed by atoms with van der Waals surface area (Å²) >= 11 is 0. The first kappa shape index (κ1) is 30.4. The Morgan fingerprint density at radius 3 is 1.68 bits per heavy atom. The van der Waals surface area contributed by atoms with Crippen LogP contribution in [0.1, 0.15) is 0 Å². The van der Waals surface area contributed by atoms with Crippen LogP contribution in [0.25, 0.3) is 101 Å². The van der Waals surface area contributed by atoms with Gasteiger partial charge < -0.3 is 4.42 Å². The van der Waals surface area contributed by atoms with Gasteiger partial charge in [-0.15, -0.1) is 0 Å². The summed E-state index contributed by atoms with van der Waals surface area (Å²) in [5.41, 5.74) is 11.5. The Labute approximate surface area is 304 Å². The maximum Gasteiger partial charge on any atom is 0.167 e. The minimum atomic E-state index is 0.551. The van der Waals surface area contributed by atoms with Crippen LogP contribution >= 0.6 is 0 Å².